The van der Waals surface area contributed by atoms with Gasteiger partial charge in [-0.15, -0.1) is 0 Å². The molecule has 0 fully saturated rings. The molecule has 35 heavy (non-hydrogen) atoms. The van der Waals surface area contributed by atoms with E-state index in [9.17, 15) is 9.59 Å². The largest absolute Gasteiger partial charge is 0.493 e. The normalized spacial score (nSPS) is 11.4. The van der Waals surface area contributed by atoms with E-state index in [1.165, 1.54) is 0 Å². The average molecular weight is 475 g/mol. The number of likely N-dealkylation sites (N-methyl/N-ethyl adjacent to an activating group) is 1. The molecule has 1 N–H and O–H groups in total. The number of carbonyl (C=O) groups excluding carboxylic acids is 2. The highest BCUT2D eigenvalue weighted by Crippen LogP contribution is 2.28. The third-order valence-corrected chi connectivity index (χ3v) is 6.03. The smallest absolute Gasteiger partial charge is 0.242 e. The van der Waals surface area contributed by atoms with Crippen molar-refractivity contribution in [3.63, 3.8) is 0 Å². The third kappa shape index (κ3) is 7.09. The van der Waals surface area contributed by atoms with Crippen LogP contribution in [0, 0.1) is 6.92 Å². The van der Waals surface area contributed by atoms with E-state index < -0.39 is 6.04 Å². The molecule has 0 spiro atoms. The van der Waals surface area contributed by atoms with Gasteiger partial charge in [0.1, 0.15) is 6.04 Å². The van der Waals surface area contributed by atoms with Crippen molar-refractivity contribution in [3.05, 3.63) is 95.1 Å². The summed E-state index contributed by atoms with van der Waals surface area (Å²) in [5.41, 5.74) is 4.07. The number of hydrogen-bond donors (Lipinski definition) is 1. The molecule has 0 aliphatic rings. The zero-order valence-electron chi connectivity index (χ0n) is 20.9. The number of methoxy groups -OCH3 is 2. The topological polar surface area (TPSA) is 67.9 Å². The Hall–Kier alpha value is -3.80. The van der Waals surface area contributed by atoms with Crippen molar-refractivity contribution < 1.29 is 19.1 Å². The van der Waals surface area contributed by atoms with Crippen molar-refractivity contribution in [1.29, 1.82) is 0 Å². The Balaban J connectivity index is 1.87. The van der Waals surface area contributed by atoms with Crippen molar-refractivity contribution in [3.8, 4) is 11.5 Å². The summed E-state index contributed by atoms with van der Waals surface area (Å²) in [6.45, 7) is 2.38. The van der Waals surface area contributed by atoms with Gasteiger partial charge in [0.2, 0.25) is 11.8 Å². The Bertz CT molecular complexity index is 1130. The Kier molecular flexibility index (Phi) is 9.30. The van der Waals surface area contributed by atoms with Gasteiger partial charge >= 0.3 is 0 Å². The van der Waals surface area contributed by atoms with Crippen LogP contribution in [0.15, 0.2) is 72.8 Å². The summed E-state index contributed by atoms with van der Waals surface area (Å²) < 4.78 is 10.7. The first-order chi connectivity index (χ1) is 16.9. The lowest BCUT2D eigenvalue weighted by molar-refractivity contribution is -0.141. The van der Waals surface area contributed by atoms with Crippen LogP contribution in [0.3, 0.4) is 0 Å². The van der Waals surface area contributed by atoms with E-state index in [-0.39, 0.29) is 18.2 Å². The molecule has 6 heteroatoms. The van der Waals surface area contributed by atoms with Crippen LogP contribution in [0.25, 0.3) is 0 Å². The molecule has 0 saturated heterocycles. The van der Waals surface area contributed by atoms with Gasteiger partial charge in [-0.2, -0.15) is 0 Å². The first-order valence-electron chi connectivity index (χ1n) is 11.8. The van der Waals surface area contributed by atoms with Gasteiger partial charge in [0.15, 0.2) is 11.5 Å². The number of nitrogens with one attached hydrogen (secondary N) is 1. The van der Waals surface area contributed by atoms with Crippen LogP contribution in [0.4, 0.5) is 0 Å². The summed E-state index contributed by atoms with van der Waals surface area (Å²) in [5, 5.41) is 2.76. The molecule has 0 aromatic heterocycles. The van der Waals surface area contributed by atoms with Crippen LogP contribution in [0.2, 0.25) is 0 Å². The molecule has 0 saturated carbocycles. The number of nitrogens with zero attached hydrogens (tertiary/aromatic N) is 1. The standard InChI is InChI=1S/C29H34N2O4/c1-21-9-8-12-24(17-21)20-31(25(29(33)30-2)18-22-10-6-5-7-11-22)28(32)16-14-23-13-15-26(34-3)27(19-23)35-4/h5-13,15,17,19,25H,14,16,18,20H2,1-4H3,(H,30,33). The van der Waals surface area contributed by atoms with Crippen LogP contribution < -0.4 is 14.8 Å². The Morgan fingerprint density at radius 2 is 1.57 bits per heavy atom. The van der Waals surface area contributed by atoms with E-state index in [0.717, 1.165) is 22.3 Å². The lowest BCUT2D eigenvalue weighted by atomic mass is 10.0. The minimum Gasteiger partial charge on any atom is -0.493 e. The van der Waals surface area contributed by atoms with Gasteiger partial charge in [-0.05, 0) is 42.2 Å². The second-order valence-corrected chi connectivity index (χ2v) is 8.52. The molecule has 1 unspecified atom stereocenters. The second-order valence-electron chi connectivity index (χ2n) is 8.52. The highest BCUT2D eigenvalue weighted by Gasteiger charge is 2.29. The molecule has 3 rings (SSSR count). The van der Waals surface area contributed by atoms with Crippen LogP contribution in [-0.2, 0) is 29.0 Å². The third-order valence-electron chi connectivity index (χ3n) is 6.03. The van der Waals surface area contributed by atoms with Crippen molar-refractivity contribution in [2.75, 3.05) is 21.3 Å². The number of benzene rings is 3. The minimum absolute atomic E-state index is 0.0779. The predicted molar refractivity (Wildman–Crippen MR) is 138 cm³/mol. The summed E-state index contributed by atoms with van der Waals surface area (Å²) >= 11 is 0. The number of carbonyl (C=O) groups is 2. The van der Waals surface area contributed by atoms with Crippen molar-refractivity contribution in [1.82, 2.24) is 10.2 Å². The zero-order chi connectivity index (χ0) is 25.2. The molecule has 1 atom stereocenters. The number of aryl methyl sites for hydroxylation is 2. The number of hydrogen-bond acceptors (Lipinski definition) is 4. The highest BCUT2D eigenvalue weighted by molar-refractivity contribution is 5.88. The van der Waals surface area contributed by atoms with Gasteiger partial charge < -0.3 is 19.7 Å². The van der Waals surface area contributed by atoms with E-state index in [4.69, 9.17) is 9.47 Å². The minimum atomic E-state index is -0.624. The Morgan fingerprint density at radius 1 is 0.857 bits per heavy atom. The molecular formula is C29H34N2O4. The quantitative estimate of drug-likeness (QED) is 0.449. The lowest BCUT2D eigenvalue weighted by Gasteiger charge is -2.31. The van der Waals surface area contributed by atoms with Crippen molar-refractivity contribution in [2.24, 2.45) is 0 Å². The summed E-state index contributed by atoms with van der Waals surface area (Å²) in [7, 11) is 4.79. The summed E-state index contributed by atoms with van der Waals surface area (Å²) in [5.74, 6) is 1.01. The number of ether oxygens (including phenoxy) is 2. The lowest BCUT2D eigenvalue weighted by Crippen LogP contribution is -2.49. The summed E-state index contributed by atoms with van der Waals surface area (Å²) in [6, 6.07) is 22.9. The number of amides is 2. The molecule has 0 radical (unpaired) electrons. The van der Waals surface area contributed by atoms with Gasteiger partial charge in [0, 0.05) is 26.4 Å². The van der Waals surface area contributed by atoms with E-state index in [0.29, 0.717) is 30.9 Å². The van der Waals surface area contributed by atoms with Gasteiger partial charge in [-0.3, -0.25) is 9.59 Å². The second kappa shape index (κ2) is 12.6. The maximum atomic E-state index is 13.6. The molecule has 0 aliphatic heterocycles. The van der Waals surface area contributed by atoms with Crippen molar-refractivity contribution >= 4 is 11.8 Å². The molecular weight excluding hydrogens is 440 g/mol. The van der Waals surface area contributed by atoms with Gasteiger partial charge in [-0.1, -0.05) is 66.2 Å². The summed E-state index contributed by atoms with van der Waals surface area (Å²) in [6.07, 6.45) is 1.23. The molecule has 0 bridgehead atoms. The van der Waals surface area contributed by atoms with E-state index >= 15 is 0 Å². The summed E-state index contributed by atoms with van der Waals surface area (Å²) in [4.78, 5) is 28.3. The maximum Gasteiger partial charge on any atom is 0.242 e. The number of rotatable bonds is 11. The first kappa shape index (κ1) is 25.8. The van der Waals surface area contributed by atoms with Gasteiger partial charge in [0.25, 0.3) is 0 Å². The monoisotopic (exact) mass is 474 g/mol. The van der Waals surface area contributed by atoms with Gasteiger partial charge in [-0.25, -0.2) is 0 Å². The van der Waals surface area contributed by atoms with E-state index in [1.54, 1.807) is 26.2 Å². The van der Waals surface area contributed by atoms with E-state index in [1.807, 2.05) is 73.7 Å². The Morgan fingerprint density at radius 3 is 2.23 bits per heavy atom. The zero-order valence-corrected chi connectivity index (χ0v) is 20.9. The predicted octanol–water partition coefficient (Wildman–Crippen LogP) is 4.33. The highest BCUT2D eigenvalue weighted by atomic mass is 16.5. The maximum absolute atomic E-state index is 13.6. The molecule has 184 valence electrons. The fourth-order valence-electron chi connectivity index (χ4n) is 4.16. The van der Waals surface area contributed by atoms with Crippen molar-refractivity contribution in [2.45, 2.75) is 38.8 Å². The van der Waals surface area contributed by atoms with Crippen LogP contribution in [-0.4, -0.2) is 44.0 Å². The molecule has 0 heterocycles. The molecule has 3 aromatic carbocycles. The first-order valence-corrected chi connectivity index (χ1v) is 11.8. The van der Waals surface area contributed by atoms with Crippen LogP contribution >= 0.6 is 0 Å². The van der Waals surface area contributed by atoms with E-state index in [2.05, 4.69) is 11.4 Å². The Labute approximate surface area is 207 Å². The fraction of sp³-hybridized carbons (Fsp3) is 0.310. The van der Waals surface area contributed by atoms with Crippen LogP contribution in [0.5, 0.6) is 11.5 Å². The molecule has 6 nitrogen and oxygen atoms in total. The molecule has 0 aliphatic carbocycles. The molecule has 2 amide bonds. The van der Waals surface area contributed by atoms with Crippen LogP contribution in [0.1, 0.15) is 28.7 Å². The van der Waals surface area contributed by atoms with Gasteiger partial charge in [0.05, 0.1) is 14.2 Å². The molecule has 3 aromatic rings. The SMILES string of the molecule is CNC(=O)C(Cc1ccccc1)N(Cc1cccc(C)c1)C(=O)CCc1ccc(OC)c(OC)c1. The fourth-order valence-corrected chi connectivity index (χ4v) is 4.16. The average Bonchev–Trinajstić information content (AvgIpc) is 2.89.